The number of anilines is 1. The number of hydrogen-bond acceptors (Lipinski definition) is 6. The summed E-state index contributed by atoms with van der Waals surface area (Å²) in [7, 11) is 3.01. The lowest BCUT2D eigenvalue weighted by atomic mass is 10.1. The van der Waals surface area contributed by atoms with E-state index < -0.39 is 18.5 Å². The number of aryl methyl sites for hydroxylation is 2. The number of ether oxygens (including phenoxy) is 4. The molecular formula is C20H23NO6. The molecule has 2 aromatic carbocycles. The normalized spacial score (nSPS) is 10.1. The van der Waals surface area contributed by atoms with E-state index in [-0.39, 0.29) is 6.61 Å². The Hall–Kier alpha value is -3.22. The Labute approximate surface area is 158 Å². The van der Waals surface area contributed by atoms with Crippen molar-refractivity contribution in [2.45, 2.75) is 13.8 Å². The molecule has 0 saturated carbocycles. The molecule has 2 rings (SSSR count). The van der Waals surface area contributed by atoms with Gasteiger partial charge in [-0.25, -0.2) is 4.79 Å². The highest BCUT2D eigenvalue weighted by atomic mass is 16.6. The topological polar surface area (TPSA) is 83.1 Å². The third kappa shape index (κ3) is 5.91. The van der Waals surface area contributed by atoms with E-state index in [0.717, 1.165) is 11.1 Å². The standard InChI is InChI=1S/C20H23NO6/c1-13-5-6-16(9-14(13)2)26-12-20(23)27-11-19(22)21-17-10-15(24-3)7-8-18(17)25-4/h5-10H,11-12H2,1-4H3,(H,21,22). The summed E-state index contributed by atoms with van der Waals surface area (Å²) in [5.74, 6) is 0.459. The molecule has 0 heterocycles. The first-order valence-electron chi connectivity index (χ1n) is 8.30. The van der Waals surface area contributed by atoms with Crippen molar-refractivity contribution in [3.8, 4) is 17.2 Å². The maximum absolute atomic E-state index is 12.0. The monoisotopic (exact) mass is 373 g/mol. The molecule has 1 amide bonds. The van der Waals surface area contributed by atoms with Gasteiger partial charge in [-0.1, -0.05) is 6.07 Å². The van der Waals surface area contributed by atoms with Gasteiger partial charge in [0.25, 0.3) is 5.91 Å². The minimum atomic E-state index is -0.638. The fourth-order valence-electron chi connectivity index (χ4n) is 2.23. The van der Waals surface area contributed by atoms with Gasteiger partial charge in [-0.15, -0.1) is 0 Å². The number of hydrogen-bond donors (Lipinski definition) is 1. The average molecular weight is 373 g/mol. The molecule has 144 valence electrons. The molecule has 0 radical (unpaired) electrons. The SMILES string of the molecule is COc1ccc(OC)c(NC(=O)COC(=O)COc2ccc(C)c(C)c2)c1. The van der Waals surface area contributed by atoms with E-state index in [1.54, 1.807) is 24.3 Å². The van der Waals surface area contributed by atoms with Crippen LogP contribution in [0, 0.1) is 13.8 Å². The van der Waals surface area contributed by atoms with E-state index >= 15 is 0 Å². The summed E-state index contributed by atoms with van der Waals surface area (Å²) in [5.41, 5.74) is 2.62. The van der Waals surface area contributed by atoms with Crippen molar-refractivity contribution < 1.29 is 28.5 Å². The zero-order valence-electron chi connectivity index (χ0n) is 15.8. The van der Waals surface area contributed by atoms with Crippen molar-refractivity contribution in [3.63, 3.8) is 0 Å². The largest absolute Gasteiger partial charge is 0.497 e. The molecule has 0 aromatic heterocycles. The van der Waals surface area contributed by atoms with Gasteiger partial charge < -0.3 is 24.3 Å². The maximum atomic E-state index is 12.0. The molecular weight excluding hydrogens is 350 g/mol. The highest BCUT2D eigenvalue weighted by molar-refractivity contribution is 5.94. The molecule has 0 spiro atoms. The molecule has 0 atom stereocenters. The Morgan fingerprint density at radius 3 is 2.30 bits per heavy atom. The summed E-state index contributed by atoms with van der Waals surface area (Å²) in [6.45, 7) is 3.23. The fourth-order valence-corrected chi connectivity index (χ4v) is 2.23. The van der Waals surface area contributed by atoms with Gasteiger partial charge in [0.1, 0.15) is 17.2 Å². The first-order valence-corrected chi connectivity index (χ1v) is 8.30. The second kappa shape index (κ2) is 9.47. The van der Waals surface area contributed by atoms with Gasteiger partial charge in [-0.05, 0) is 49.2 Å². The third-order valence-corrected chi connectivity index (χ3v) is 3.88. The number of esters is 1. The Morgan fingerprint density at radius 1 is 0.889 bits per heavy atom. The highest BCUT2D eigenvalue weighted by Gasteiger charge is 2.12. The van der Waals surface area contributed by atoms with Crippen LogP contribution in [0.2, 0.25) is 0 Å². The van der Waals surface area contributed by atoms with Crippen LogP contribution in [0.15, 0.2) is 36.4 Å². The van der Waals surface area contributed by atoms with Gasteiger partial charge >= 0.3 is 5.97 Å². The second-order valence-electron chi connectivity index (χ2n) is 5.81. The van der Waals surface area contributed by atoms with Crippen molar-refractivity contribution in [3.05, 3.63) is 47.5 Å². The summed E-state index contributed by atoms with van der Waals surface area (Å²) in [5, 5.41) is 2.62. The Kier molecular flexibility index (Phi) is 7.05. The van der Waals surface area contributed by atoms with Gasteiger partial charge in [-0.3, -0.25) is 4.79 Å². The molecule has 2 aromatic rings. The predicted molar refractivity (Wildman–Crippen MR) is 101 cm³/mol. The smallest absolute Gasteiger partial charge is 0.344 e. The molecule has 27 heavy (non-hydrogen) atoms. The van der Waals surface area contributed by atoms with E-state index in [2.05, 4.69) is 5.32 Å². The van der Waals surface area contributed by atoms with Crippen LogP contribution in [0.3, 0.4) is 0 Å². The van der Waals surface area contributed by atoms with Gasteiger partial charge in [-0.2, -0.15) is 0 Å². The van der Waals surface area contributed by atoms with Crippen LogP contribution >= 0.6 is 0 Å². The highest BCUT2D eigenvalue weighted by Crippen LogP contribution is 2.28. The van der Waals surface area contributed by atoms with E-state index in [1.807, 2.05) is 26.0 Å². The van der Waals surface area contributed by atoms with Crippen LogP contribution in [0.25, 0.3) is 0 Å². The number of benzene rings is 2. The molecule has 7 nitrogen and oxygen atoms in total. The number of carbonyl (C=O) groups excluding carboxylic acids is 2. The summed E-state index contributed by atoms with van der Waals surface area (Å²) < 4.78 is 20.6. The van der Waals surface area contributed by atoms with Crippen LogP contribution in [0.5, 0.6) is 17.2 Å². The molecule has 1 N–H and O–H groups in total. The average Bonchev–Trinajstić information content (AvgIpc) is 2.67. The summed E-state index contributed by atoms with van der Waals surface area (Å²) in [6.07, 6.45) is 0. The molecule has 0 unspecified atom stereocenters. The minimum Gasteiger partial charge on any atom is -0.497 e. The van der Waals surface area contributed by atoms with Crippen LogP contribution in [0.4, 0.5) is 5.69 Å². The molecule has 0 aliphatic rings. The minimum absolute atomic E-state index is 0.280. The van der Waals surface area contributed by atoms with Gasteiger partial charge in [0.2, 0.25) is 0 Å². The number of rotatable bonds is 8. The lowest BCUT2D eigenvalue weighted by Gasteiger charge is -2.12. The van der Waals surface area contributed by atoms with Crippen molar-refractivity contribution in [1.29, 1.82) is 0 Å². The zero-order chi connectivity index (χ0) is 19.8. The van der Waals surface area contributed by atoms with E-state index in [9.17, 15) is 9.59 Å². The van der Waals surface area contributed by atoms with Crippen molar-refractivity contribution in [1.82, 2.24) is 0 Å². The van der Waals surface area contributed by atoms with E-state index in [0.29, 0.717) is 22.9 Å². The summed E-state index contributed by atoms with van der Waals surface area (Å²) in [4.78, 5) is 23.8. The van der Waals surface area contributed by atoms with Gasteiger partial charge in [0.05, 0.1) is 19.9 Å². The van der Waals surface area contributed by atoms with E-state index in [4.69, 9.17) is 18.9 Å². The number of amides is 1. The summed E-state index contributed by atoms with van der Waals surface area (Å²) in [6, 6.07) is 10.5. The number of methoxy groups -OCH3 is 2. The third-order valence-electron chi connectivity index (χ3n) is 3.88. The van der Waals surface area contributed by atoms with Crippen molar-refractivity contribution in [2.24, 2.45) is 0 Å². The second-order valence-corrected chi connectivity index (χ2v) is 5.81. The Morgan fingerprint density at radius 2 is 1.63 bits per heavy atom. The number of carbonyl (C=O) groups is 2. The maximum Gasteiger partial charge on any atom is 0.344 e. The summed E-state index contributed by atoms with van der Waals surface area (Å²) >= 11 is 0. The molecule has 0 fully saturated rings. The number of nitrogens with one attached hydrogen (secondary N) is 1. The quantitative estimate of drug-likeness (QED) is 0.717. The van der Waals surface area contributed by atoms with Crippen LogP contribution in [-0.2, 0) is 14.3 Å². The zero-order valence-corrected chi connectivity index (χ0v) is 15.8. The Balaban J connectivity index is 1.82. The molecule has 0 bridgehead atoms. The first kappa shape index (κ1) is 20.1. The van der Waals surface area contributed by atoms with Crippen LogP contribution in [-0.4, -0.2) is 39.3 Å². The van der Waals surface area contributed by atoms with Crippen LogP contribution in [0.1, 0.15) is 11.1 Å². The lowest BCUT2D eigenvalue weighted by molar-refractivity contribution is -0.149. The van der Waals surface area contributed by atoms with Crippen molar-refractivity contribution in [2.75, 3.05) is 32.8 Å². The Bertz CT molecular complexity index is 818. The lowest BCUT2D eigenvalue weighted by Crippen LogP contribution is -2.23. The van der Waals surface area contributed by atoms with E-state index in [1.165, 1.54) is 14.2 Å². The predicted octanol–water partition coefficient (Wildman–Crippen LogP) is 2.88. The van der Waals surface area contributed by atoms with Crippen molar-refractivity contribution >= 4 is 17.6 Å². The van der Waals surface area contributed by atoms with Crippen LogP contribution < -0.4 is 19.5 Å². The molecule has 0 aliphatic heterocycles. The van der Waals surface area contributed by atoms with Gasteiger partial charge in [0.15, 0.2) is 13.2 Å². The first-order chi connectivity index (χ1) is 12.9. The molecule has 7 heteroatoms. The van der Waals surface area contributed by atoms with Gasteiger partial charge in [0, 0.05) is 6.07 Å². The molecule has 0 aliphatic carbocycles. The fraction of sp³-hybridized carbons (Fsp3) is 0.300. The molecule has 0 saturated heterocycles.